The second-order valence-corrected chi connectivity index (χ2v) is 10.3. The summed E-state index contributed by atoms with van der Waals surface area (Å²) < 4.78 is 83.2. The van der Waals surface area contributed by atoms with Gasteiger partial charge in [-0.05, 0) is 62.0 Å². The summed E-state index contributed by atoms with van der Waals surface area (Å²) in [5, 5.41) is 3.55. The highest BCUT2D eigenvalue weighted by Crippen LogP contribution is 2.44. The normalized spacial score (nSPS) is 14.5. The standard InChI is InChI=1S/C40H24O2/c1-2-10-26(11-3-1)37-30-13-4-6-15-32(30)38(33-16-7-5-14-31(33)37)27-20-18-25(19-21-27)36-24-28-22-23-34-29-12-8-9-17-35(29)41-40(34)39(28)42-36/h1-24H/i4D,5D,6D,7D,13D,14D,15D,16D. The number of rotatable bonds is 3. The molecule has 0 radical (unpaired) electrons. The molecule has 196 valence electrons. The molecule has 0 amide bonds. The number of fused-ring (bicyclic) bond motifs is 7. The molecule has 0 aliphatic rings. The molecule has 0 bridgehead atoms. The first-order chi connectivity index (χ1) is 24.2. The molecular weight excluding hydrogens is 512 g/mol. The first-order valence-electron chi connectivity index (χ1n) is 17.6. The van der Waals surface area contributed by atoms with Crippen LogP contribution in [0.4, 0.5) is 0 Å². The van der Waals surface area contributed by atoms with Crippen LogP contribution >= 0.6 is 0 Å². The van der Waals surface area contributed by atoms with Gasteiger partial charge in [0.15, 0.2) is 11.2 Å². The minimum Gasteiger partial charge on any atom is -0.452 e. The van der Waals surface area contributed by atoms with Crippen LogP contribution in [-0.4, -0.2) is 0 Å². The Hall–Kier alpha value is -5.60. The van der Waals surface area contributed by atoms with Crippen LogP contribution < -0.4 is 0 Å². The van der Waals surface area contributed by atoms with Crippen LogP contribution in [-0.2, 0) is 0 Å². The fraction of sp³-hybridized carbons (Fsp3) is 0. The SMILES string of the molecule is [2H]c1c([2H])c([2H])c2c(-c3ccc(-c4cc5ccc6c7ccccc7oc6c5o4)cc3)c3c([2H])c([2H])c([2H])c([2H])c3c(-c3ccccc3)c2c1[2H]. The van der Waals surface area contributed by atoms with Crippen molar-refractivity contribution in [1.82, 2.24) is 0 Å². The molecule has 2 heteroatoms. The summed E-state index contributed by atoms with van der Waals surface area (Å²) in [6.45, 7) is 0. The molecule has 7 aromatic carbocycles. The fourth-order valence-electron chi connectivity index (χ4n) is 6.03. The Balaban J connectivity index is 1.33. The van der Waals surface area contributed by atoms with Crippen molar-refractivity contribution < 1.29 is 19.8 Å². The Bertz CT molecular complexity index is 2810. The fourth-order valence-corrected chi connectivity index (χ4v) is 6.03. The van der Waals surface area contributed by atoms with Crippen LogP contribution in [0.3, 0.4) is 0 Å². The molecule has 0 aliphatic heterocycles. The molecule has 0 N–H and O–H groups in total. The highest BCUT2D eigenvalue weighted by molar-refractivity contribution is 6.21. The van der Waals surface area contributed by atoms with E-state index >= 15 is 0 Å². The van der Waals surface area contributed by atoms with Crippen molar-refractivity contribution in [2.24, 2.45) is 0 Å². The topological polar surface area (TPSA) is 26.3 Å². The molecule has 0 saturated carbocycles. The van der Waals surface area contributed by atoms with Crippen LogP contribution in [0.25, 0.3) is 88.0 Å². The largest absolute Gasteiger partial charge is 0.452 e. The van der Waals surface area contributed by atoms with E-state index in [0.29, 0.717) is 39.2 Å². The molecule has 0 atom stereocenters. The molecule has 0 fully saturated rings. The van der Waals surface area contributed by atoms with E-state index in [2.05, 4.69) is 0 Å². The minimum absolute atomic E-state index is 0.177. The zero-order valence-electron chi connectivity index (χ0n) is 30.1. The number of hydrogen-bond acceptors (Lipinski definition) is 2. The van der Waals surface area contributed by atoms with E-state index in [4.69, 9.17) is 19.8 Å². The smallest absolute Gasteiger partial charge is 0.178 e. The van der Waals surface area contributed by atoms with Crippen LogP contribution in [0, 0.1) is 0 Å². The van der Waals surface area contributed by atoms with E-state index < -0.39 is 24.2 Å². The van der Waals surface area contributed by atoms with Gasteiger partial charge in [0, 0.05) is 21.7 Å². The number of furan rings is 2. The third kappa shape index (κ3) is 3.39. The van der Waals surface area contributed by atoms with Crippen molar-refractivity contribution in [3.05, 3.63) is 145 Å². The lowest BCUT2D eigenvalue weighted by atomic mass is 9.86. The van der Waals surface area contributed by atoms with Crippen LogP contribution in [0.2, 0.25) is 0 Å². The summed E-state index contributed by atoms with van der Waals surface area (Å²) in [4.78, 5) is 0. The average Bonchev–Trinajstić information content (AvgIpc) is 3.76. The number of hydrogen-bond donors (Lipinski definition) is 0. The molecular formula is C40H24O2. The molecule has 0 aliphatic carbocycles. The van der Waals surface area contributed by atoms with Gasteiger partial charge in [-0.3, -0.25) is 0 Å². The predicted octanol–water partition coefficient (Wildman–Crippen LogP) is 11.6. The average molecular weight is 545 g/mol. The van der Waals surface area contributed by atoms with E-state index in [1.165, 1.54) is 0 Å². The summed E-state index contributed by atoms with van der Waals surface area (Å²) in [5.74, 6) is 0.595. The lowest BCUT2D eigenvalue weighted by Gasteiger charge is -2.17. The molecule has 2 heterocycles. The molecule has 0 unspecified atom stereocenters. The Morgan fingerprint density at radius 1 is 0.429 bits per heavy atom. The number of benzene rings is 7. The molecule has 9 aromatic rings. The molecule has 0 spiro atoms. The quantitative estimate of drug-likeness (QED) is 0.207. The van der Waals surface area contributed by atoms with Gasteiger partial charge in [0.25, 0.3) is 0 Å². The Kier molecular flexibility index (Phi) is 3.54. The summed E-state index contributed by atoms with van der Waals surface area (Å²) in [5.41, 5.74) is 4.52. The zero-order valence-corrected chi connectivity index (χ0v) is 22.1. The van der Waals surface area contributed by atoms with Gasteiger partial charge in [0.2, 0.25) is 0 Å². The summed E-state index contributed by atoms with van der Waals surface area (Å²) >= 11 is 0. The third-order valence-corrected chi connectivity index (χ3v) is 7.93. The van der Waals surface area contributed by atoms with Crippen molar-refractivity contribution in [2.75, 3.05) is 0 Å². The minimum atomic E-state index is -0.432. The van der Waals surface area contributed by atoms with Crippen molar-refractivity contribution in [1.29, 1.82) is 0 Å². The van der Waals surface area contributed by atoms with Gasteiger partial charge in [-0.15, -0.1) is 0 Å². The van der Waals surface area contributed by atoms with Gasteiger partial charge in [-0.25, -0.2) is 0 Å². The van der Waals surface area contributed by atoms with Crippen LogP contribution in [0.1, 0.15) is 11.0 Å². The molecule has 2 nitrogen and oxygen atoms in total. The van der Waals surface area contributed by atoms with E-state index in [-0.39, 0.29) is 45.7 Å². The molecule has 9 rings (SSSR count). The van der Waals surface area contributed by atoms with Gasteiger partial charge in [-0.2, -0.15) is 0 Å². The molecule has 2 aromatic heterocycles. The van der Waals surface area contributed by atoms with Gasteiger partial charge >= 0.3 is 0 Å². The van der Waals surface area contributed by atoms with Crippen LogP contribution in [0.5, 0.6) is 0 Å². The first-order valence-corrected chi connectivity index (χ1v) is 13.6. The first kappa shape index (κ1) is 16.6. The van der Waals surface area contributed by atoms with E-state index in [9.17, 15) is 0 Å². The highest BCUT2D eigenvalue weighted by atomic mass is 16.4. The van der Waals surface area contributed by atoms with Gasteiger partial charge < -0.3 is 8.83 Å². The maximum Gasteiger partial charge on any atom is 0.178 e. The highest BCUT2D eigenvalue weighted by Gasteiger charge is 2.18. The predicted molar refractivity (Wildman–Crippen MR) is 175 cm³/mol. The lowest BCUT2D eigenvalue weighted by Crippen LogP contribution is -1.90. The van der Waals surface area contributed by atoms with Crippen molar-refractivity contribution in [2.45, 2.75) is 0 Å². The second kappa shape index (κ2) is 8.95. The Morgan fingerprint density at radius 2 is 1.00 bits per heavy atom. The molecule has 42 heavy (non-hydrogen) atoms. The van der Waals surface area contributed by atoms with Gasteiger partial charge in [0.05, 0.1) is 11.0 Å². The maximum atomic E-state index is 9.11. The molecule has 0 saturated heterocycles. The summed E-state index contributed by atoms with van der Waals surface area (Å²) in [7, 11) is 0. The summed E-state index contributed by atoms with van der Waals surface area (Å²) in [6, 6.07) is 27.1. The van der Waals surface area contributed by atoms with Crippen molar-refractivity contribution in [3.63, 3.8) is 0 Å². The van der Waals surface area contributed by atoms with Crippen molar-refractivity contribution in [3.8, 4) is 33.6 Å². The van der Waals surface area contributed by atoms with E-state index in [0.717, 1.165) is 27.3 Å². The zero-order chi connectivity index (χ0) is 34.6. The second-order valence-electron chi connectivity index (χ2n) is 10.3. The Morgan fingerprint density at radius 3 is 1.67 bits per heavy atom. The van der Waals surface area contributed by atoms with Gasteiger partial charge in [-0.1, -0.05) is 127 Å². The third-order valence-electron chi connectivity index (χ3n) is 7.93. The lowest BCUT2D eigenvalue weighted by molar-refractivity contribution is 0.611. The van der Waals surface area contributed by atoms with Crippen LogP contribution in [0.15, 0.2) is 154 Å². The maximum absolute atomic E-state index is 9.11. The number of para-hydroxylation sites is 1. The monoisotopic (exact) mass is 544 g/mol. The Labute approximate surface area is 253 Å². The van der Waals surface area contributed by atoms with Crippen molar-refractivity contribution >= 4 is 54.5 Å². The van der Waals surface area contributed by atoms with E-state index in [1.807, 2.05) is 60.7 Å². The van der Waals surface area contributed by atoms with Gasteiger partial charge in [0.1, 0.15) is 11.3 Å². The summed E-state index contributed by atoms with van der Waals surface area (Å²) in [6.07, 6.45) is 0. The van der Waals surface area contributed by atoms with E-state index in [1.54, 1.807) is 36.4 Å².